The van der Waals surface area contributed by atoms with Gasteiger partial charge in [-0.3, -0.25) is 9.78 Å². The average Bonchev–Trinajstić information content (AvgIpc) is 2.82. The van der Waals surface area contributed by atoms with E-state index in [2.05, 4.69) is 18.8 Å². The van der Waals surface area contributed by atoms with Gasteiger partial charge in [0.25, 0.3) is 0 Å². The molecule has 114 valence electrons. The molecule has 0 saturated heterocycles. The molecule has 0 radical (unpaired) electrons. The molecule has 1 amide bonds. The highest BCUT2D eigenvalue weighted by Crippen LogP contribution is 2.32. The van der Waals surface area contributed by atoms with Crippen LogP contribution in [0.5, 0.6) is 0 Å². The molecular formula is C18H20N2O2. The minimum atomic E-state index is 0.0411. The van der Waals surface area contributed by atoms with Crippen LogP contribution in [-0.4, -0.2) is 22.5 Å². The number of carbonyl (C=O) groups is 1. The lowest BCUT2D eigenvalue weighted by Crippen LogP contribution is -2.30. The van der Waals surface area contributed by atoms with Gasteiger partial charge in [0, 0.05) is 18.3 Å². The molecule has 0 aliphatic carbocycles. The van der Waals surface area contributed by atoms with Gasteiger partial charge in [-0.2, -0.15) is 0 Å². The molecule has 0 unspecified atom stereocenters. The molecule has 1 aliphatic heterocycles. The predicted molar refractivity (Wildman–Crippen MR) is 86.5 cm³/mol. The maximum absolute atomic E-state index is 12.2. The summed E-state index contributed by atoms with van der Waals surface area (Å²) in [6.07, 6.45) is 2.21. The van der Waals surface area contributed by atoms with Crippen LogP contribution < -0.4 is 4.90 Å². The maximum Gasteiger partial charge on any atom is 0.233 e. The Balaban J connectivity index is 1.96. The molecule has 0 bridgehead atoms. The molecule has 22 heavy (non-hydrogen) atoms. The van der Waals surface area contributed by atoms with Crippen LogP contribution in [0.15, 0.2) is 36.5 Å². The molecule has 0 fully saturated rings. The monoisotopic (exact) mass is 296 g/mol. The normalized spacial score (nSPS) is 13.8. The zero-order valence-electron chi connectivity index (χ0n) is 12.9. The second-order valence-electron chi connectivity index (χ2n) is 6.12. The molecule has 2 aromatic rings. The number of benzene rings is 1. The van der Waals surface area contributed by atoms with E-state index >= 15 is 0 Å². The van der Waals surface area contributed by atoms with Gasteiger partial charge in [0.15, 0.2) is 0 Å². The van der Waals surface area contributed by atoms with Gasteiger partial charge in [0.05, 0.1) is 24.4 Å². The first-order chi connectivity index (χ1) is 10.6. The second kappa shape index (κ2) is 5.89. The quantitative estimate of drug-likeness (QED) is 0.944. The van der Waals surface area contributed by atoms with E-state index in [9.17, 15) is 4.79 Å². The first-order valence-corrected chi connectivity index (χ1v) is 7.58. The lowest BCUT2D eigenvalue weighted by molar-refractivity contribution is -0.117. The van der Waals surface area contributed by atoms with Crippen molar-refractivity contribution in [2.24, 2.45) is 5.92 Å². The molecule has 2 heterocycles. The minimum Gasteiger partial charge on any atom is -0.392 e. The molecule has 0 spiro atoms. The first kappa shape index (κ1) is 14.7. The van der Waals surface area contributed by atoms with E-state index in [0.29, 0.717) is 12.3 Å². The van der Waals surface area contributed by atoms with Crippen molar-refractivity contribution in [2.75, 3.05) is 11.4 Å². The van der Waals surface area contributed by atoms with Crippen molar-refractivity contribution in [2.45, 2.75) is 26.9 Å². The fourth-order valence-electron chi connectivity index (χ4n) is 2.75. The zero-order valence-corrected chi connectivity index (χ0v) is 12.9. The molecule has 3 rings (SSSR count). The fraction of sp³-hybridized carbons (Fsp3) is 0.333. The molecule has 1 aliphatic rings. The van der Waals surface area contributed by atoms with Gasteiger partial charge in [0.1, 0.15) is 0 Å². The van der Waals surface area contributed by atoms with E-state index in [1.54, 1.807) is 0 Å². The number of aliphatic hydroxyl groups is 1. The van der Waals surface area contributed by atoms with Gasteiger partial charge < -0.3 is 10.0 Å². The van der Waals surface area contributed by atoms with Crippen LogP contribution in [0.3, 0.4) is 0 Å². The van der Waals surface area contributed by atoms with Crippen molar-refractivity contribution in [3.8, 4) is 11.1 Å². The van der Waals surface area contributed by atoms with E-state index in [1.807, 2.05) is 41.4 Å². The summed E-state index contributed by atoms with van der Waals surface area (Å²) < 4.78 is 0. The highest BCUT2D eigenvalue weighted by Gasteiger charge is 2.29. The smallest absolute Gasteiger partial charge is 0.233 e. The van der Waals surface area contributed by atoms with Crippen LogP contribution in [0, 0.1) is 5.92 Å². The molecular weight excluding hydrogens is 276 g/mol. The van der Waals surface area contributed by atoms with Gasteiger partial charge in [-0.15, -0.1) is 0 Å². The van der Waals surface area contributed by atoms with Gasteiger partial charge in [0.2, 0.25) is 5.91 Å². The number of pyridine rings is 1. The van der Waals surface area contributed by atoms with Gasteiger partial charge in [-0.25, -0.2) is 0 Å². The Morgan fingerprint density at radius 2 is 1.95 bits per heavy atom. The maximum atomic E-state index is 12.2. The van der Waals surface area contributed by atoms with E-state index in [-0.39, 0.29) is 12.5 Å². The lowest BCUT2D eigenvalue weighted by atomic mass is 10.0. The number of aliphatic hydroxyl groups excluding tert-OH is 1. The molecule has 0 saturated carbocycles. The summed E-state index contributed by atoms with van der Waals surface area (Å²) in [6.45, 7) is 4.98. The molecule has 1 N–H and O–H groups in total. The van der Waals surface area contributed by atoms with Crippen molar-refractivity contribution >= 4 is 11.6 Å². The first-order valence-electron chi connectivity index (χ1n) is 7.58. The van der Waals surface area contributed by atoms with Crippen molar-refractivity contribution in [3.63, 3.8) is 0 Å². The van der Waals surface area contributed by atoms with Crippen LogP contribution in [0.2, 0.25) is 0 Å². The highest BCUT2D eigenvalue weighted by atomic mass is 16.3. The lowest BCUT2D eigenvalue weighted by Gasteiger charge is -2.20. The predicted octanol–water partition coefficient (Wildman–Crippen LogP) is 2.79. The third kappa shape index (κ3) is 2.74. The van der Waals surface area contributed by atoms with E-state index in [4.69, 9.17) is 5.11 Å². The highest BCUT2D eigenvalue weighted by molar-refractivity contribution is 6.01. The van der Waals surface area contributed by atoms with Crippen LogP contribution >= 0.6 is 0 Å². The number of aromatic nitrogens is 1. The number of anilines is 1. The van der Waals surface area contributed by atoms with Crippen molar-refractivity contribution in [3.05, 3.63) is 47.8 Å². The summed E-state index contributed by atoms with van der Waals surface area (Å²) in [5.41, 5.74) is 4.71. The largest absolute Gasteiger partial charge is 0.392 e. The SMILES string of the molecule is CC(C)CN1C(=O)Cc2ncc(-c3ccc(CO)cc3)cc21. The Morgan fingerprint density at radius 3 is 2.59 bits per heavy atom. The standard InChI is InChI=1S/C18H20N2O2/c1-12(2)10-20-17-7-15(9-19-16(17)8-18(20)22)14-5-3-13(11-21)4-6-14/h3-7,9,12,21H,8,10-11H2,1-2H3. The van der Waals surface area contributed by atoms with Crippen molar-refractivity contribution in [1.29, 1.82) is 0 Å². The molecule has 0 atom stereocenters. The zero-order chi connectivity index (χ0) is 15.7. The van der Waals surface area contributed by atoms with Crippen LogP contribution in [0.25, 0.3) is 11.1 Å². The number of carbonyl (C=O) groups excluding carboxylic acids is 1. The number of nitrogens with zero attached hydrogens (tertiary/aromatic N) is 2. The number of amides is 1. The van der Waals surface area contributed by atoms with Gasteiger partial charge >= 0.3 is 0 Å². The summed E-state index contributed by atoms with van der Waals surface area (Å²) in [6, 6.07) is 9.79. The number of hydrogen-bond acceptors (Lipinski definition) is 3. The van der Waals surface area contributed by atoms with Crippen molar-refractivity contribution < 1.29 is 9.90 Å². The topological polar surface area (TPSA) is 53.4 Å². The number of rotatable bonds is 4. The number of hydrogen-bond donors (Lipinski definition) is 1. The molecule has 1 aromatic heterocycles. The van der Waals surface area contributed by atoms with Crippen LogP contribution in [0.4, 0.5) is 5.69 Å². The van der Waals surface area contributed by atoms with Crippen LogP contribution in [-0.2, 0) is 17.8 Å². The summed E-state index contributed by atoms with van der Waals surface area (Å²) in [5, 5.41) is 9.12. The van der Waals surface area contributed by atoms with E-state index in [1.165, 1.54) is 0 Å². The molecule has 1 aromatic carbocycles. The number of fused-ring (bicyclic) bond motifs is 1. The summed E-state index contributed by atoms with van der Waals surface area (Å²) in [4.78, 5) is 18.5. The Bertz CT molecular complexity index is 693. The summed E-state index contributed by atoms with van der Waals surface area (Å²) >= 11 is 0. The second-order valence-corrected chi connectivity index (χ2v) is 6.12. The van der Waals surface area contributed by atoms with Gasteiger partial charge in [-0.1, -0.05) is 38.1 Å². The van der Waals surface area contributed by atoms with E-state index < -0.39 is 0 Å². The summed E-state index contributed by atoms with van der Waals surface area (Å²) in [7, 11) is 0. The molecule has 4 heteroatoms. The Morgan fingerprint density at radius 1 is 1.23 bits per heavy atom. The van der Waals surface area contributed by atoms with E-state index in [0.717, 1.165) is 34.6 Å². The Kier molecular flexibility index (Phi) is 3.94. The Labute approximate surface area is 130 Å². The fourth-order valence-corrected chi connectivity index (χ4v) is 2.75. The van der Waals surface area contributed by atoms with Gasteiger partial charge in [-0.05, 0) is 23.1 Å². The minimum absolute atomic E-state index is 0.0411. The summed E-state index contributed by atoms with van der Waals surface area (Å²) in [5.74, 6) is 0.548. The van der Waals surface area contributed by atoms with Crippen LogP contribution in [0.1, 0.15) is 25.1 Å². The van der Waals surface area contributed by atoms with Crippen molar-refractivity contribution in [1.82, 2.24) is 4.98 Å². The Hall–Kier alpha value is -2.20. The third-order valence-electron chi connectivity index (χ3n) is 3.88. The molecule has 4 nitrogen and oxygen atoms in total. The third-order valence-corrected chi connectivity index (χ3v) is 3.88. The average molecular weight is 296 g/mol.